The molecule has 0 radical (unpaired) electrons. The number of carbonyl (C=O) groups excluding carboxylic acids is 2. The third-order valence-electron chi connectivity index (χ3n) is 6.54. The molecule has 2 fully saturated rings. The molecular formula is C22H21ClFN3O3S. The lowest BCUT2D eigenvalue weighted by Crippen LogP contribution is -2.76. The summed E-state index contributed by atoms with van der Waals surface area (Å²) in [5.74, 6) is -0.466. The van der Waals surface area contributed by atoms with Crippen LogP contribution in [0.4, 0.5) is 4.39 Å². The Morgan fingerprint density at radius 1 is 1.35 bits per heavy atom. The van der Waals surface area contributed by atoms with E-state index in [0.717, 1.165) is 29.1 Å². The van der Waals surface area contributed by atoms with Crippen molar-refractivity contribution >= 4 is 45.0 Å². The van der Waals surface area contributed by atoms with E-state index in [-0.39, 0.29) is 46.7 Å². The molecule has 2 N–H and O–H groups in total. The van der Waals surface area contributed by atoms with E-state index in [1.54, 1.807) is 11.3 Å². The summed E-state index contributed by atoms with van der Waals surface area (Å²) in [5.41, 5.74) is 1.42. The first-order valence-electron chi connectivity index (χ1n) is 10.1. The Kier molecular flexibility index (Phi) is 4.94. The predicted octanol–water partition coefficient (Wildman–Crippen LogP) is 3.88. The van der Waals surface area contributed by atoms with E-state index in [0.29, 0.717) is 12.1 Å². The summed E-state index contributed by atoms with van der Waals surface area (Å²) in [5, 5.41) is 8.21. The molecule has 2 amide bonds. The average Bonchev–Trinajstić information content (AvgIpc) is 3.31. The minimum absolute atomic E-state index is 0.00531. The molecule has 2 heterocycles. The molecule has 0 spiro atoms. The summed E-state index contributed by atoms with van der Waals surface area (Å²) in [7, 11) is 1.89. The van der Waals surface area contributed by atoms with Crippen molar-refractivity contribution in [1.82, 2.24) is 15.2 Å². The highest BCUT2D eigenvalue weighted by atomic mass is 35.5. The first-order valence-corrected chi connectivity index (χ1v) is 11.3. The summed E-state index contributed by atoms with van der Waals surface area (Å²) >= 11 is 7.27. The number of nitrogens with one attached hydrogen (secondary N) is 2. The topological polar surface area (TPSA) is 72.4 Å². The Morgan fingerprint density at radius 3 is 2.87 bits per heavy atom. The van der Waals surface area contributed by atoms with Gasteiger partial charge in [-0.25, -0.2) is 4.39 Å². The third-order valence-corrected chi connectivity index (χ3v) is 7.70. The Balaban J connectivity index is 1.15. The zero-order chi connectivity index (χ0) is 21.8. The molecule has 1 aromatic carbocycles. The molecular weight excluding hydrogens is 441 g/mol. The van der Waals surface area contributed by atoms with E-state index >= 15 is 0 Å². The predicted molar refractivity (Wildman–Crippen MR) is 117 cm³/mol. The van der Waals surface area contributed by atoms with Gasteiger partial charge in [0.15, 0.2) is 6.61 Å². The largest absolute Gasteiger partial charge is 0.484 e. The number of hydrogen-bond acceptors (Lipinski definition) is 4. The van der Waals surface area contributed by atoms with Crippen molar-refractivity contribution < 1.29 is 18.7 Å². The van der Waals surface area contributed by atoms with Gasteiger partial charge in [0, 0.05) is 30.6 Å². The number of hydrogen-bond donors (Lipinski definition) is 2. The van der Waals surface area contributed by atoms with Crippen LogP contribution in [0.15, 0.2) is 35.7 Å². The summed E-state index contributed by atoms with van der Waals surface area (Å²) in [6, 6.07) is 8.03. The number of ether oxygens (including phenoxy) is 1. The van der Waals surface area contributed by atoms with Gasteiger partial charge < -0.3 is 19.9 Å². The van der Waals surface area contributed by atoms with Crippen molar-refractivity contribution in [2.75, 3.05) is 6.61 Å². The molecule has 6 nitrogen and oxygen atoms in total. The van der Waals surface area contributed by atoms with Gasteiger partial charge in [0.2, 0.25) is 0 Å². The number of halogens is 2. The van der Waals surface area contributed by atoms with Gasteiger partial charge in [-0.1, -0.05) is 11.6 Å². The van der Waals surface area contributed by atoms with Crippen LogP contribution in [0, 0.1) is 11.7 Å². The molecule has 2 aliphatic rings. The van der Waals surface area contributed by atoms with E-state index in [4.69, 9.17) is 16.3 Å². The van der Waals surface area contributed by atoms with Gasteiger partial charge in [-0.2, -0.15) is 0 Å². The van der Waals surface area contributed by atoms with E-state index < -0.39 is 5.82 Å². The second-order valence-corrected chi connectivity index (χ2v) is 9.61. The lowest BCUT2D eigenvalue weighted by molar-refractivity contribution is -0.134. The van der Waals surface area contributed by atoms with E-state index in [9.17, 15) is 14.0 Å². The number of nitrogens with zero attached hydrogens (tertiary/aromatic N) is 1. The smallest absolute Gasteiger partial charge is 0.268 e. The first kappa shape index (κ1) is 20.3. The van der Waals surface area contributed by atoms with E-state index in [2.05, 4.69) is 10.6 Å². The maximum atomic E-state index is 13.5. The maximum Gasteiger partial charge on any atom is 0.268 e. The van der Waals surface area contributed by atoms with E-state index in [1.165, 1.54) is 12.1 Å². The normalized spacial score (nSPS) is 24.1. The molecule has 9 heteroatoms. The highest BCUT2D eigenvalue weighted by Gasteiger charge is 2.61. The fraction of sp³-hybridized carbons (Fsp3) is 0.364. The van der Waals surface area contributed by atoms with Crippen LogP contribution in [0.25, 0.3) is 10.2 Å². The number of fused-ring (bicyclic) bond motifs is 2. The summed E-state index contributed by atoms with van der Waals surface area (Å²) in [6.07, 6.45) is 2.53. The zero-order valence-electron chi connectivity index (χ0n) is 16.8. The van der Waals surface area contributed by atoms with Gasteiger partial charge >= 0.3 is 0 Å². The molecule has 0 bridgehead atoms. The second kappa shape index (κ2) is 7.53. The molecule has 162 valence electrons. The SMILES string of the molecule is Cn1c(C(=O)NC2CC3(NC(=O)COc4ccc(Cl)c(F)c4)CCC23)cc2sccc21. The van der Waals surface area contributed by atoms with Crippen LogP contribution < -0.4 is 15.4 Å². The Morgan fingerprint density at radius 2 is 2.19 bits per heavy atom. The number of aromatic nitrogens is 1. The van der Waals surface area contributed by atoms with Crippen LogP contribution in [-0.4, -0.2) is 34.6 Å². The monoisotopic (exact) mass is 461 g/mol. The van der Waals surface area contributed by atoms with Crippen LogP contribution >= 0.6 is 22.9 Å². The van der Waals surface area contributed by atoms with Gasteiger partial charge in [-0.15, -0.1) is 11.3 Å². The summed E-state index contributed by atoms with van der Waals surface area (Å²) in [6.45, 7) is -0.202. The van der Waals surface area contributed by atoms with Crippen LogP contribution in [-0.2, 0) is 11.8 Å². The molecule has 3 aromatic rings. The van der Waals surface area contributed by atoms with Crippen LogP contribution in [0.2, 0.25) is 5.02 Å². The fourth-order valence-corrected chi connectivity index (χ4v) is 5.74. The van der Waals surface area contributed by atoms with Crippen LogP contribution in [0.1, 0.15) is 29.8 Å². The van der Waals surface area contributed by atoms with Crippen LogP contribution in [0.5, 0.6) is 5.75 Å². The van der Waals surface area contributed by atoms with Crippen molar-refractivity contribution in [2.45, 2.75) is 30.8 Å². The van der Waals surface area contributed by atoms with Crippen molar-refractivity contribution in [2.24, 2.45) is 13.0 Å². The maximum absolute atomic E-state index is 13.5. The van der Waals surface area contributed by atoms with Gasteiger partial charge in [-0.05, 0) is 48.9 Å². The minimum Gasteiger partial charge on any atom is -0.484 e. The first-order chi connectivity index (χ1) is 14.9. The molecule has 3 unspecified atom stereocenters. The zero-order valence-corrected chi connectivity index (χ0v) is 18.4. The number of thiophene rings is 1. The Bertz CT molecular complexity index is 1190. The third kappa shape index (κ3) is 3.47. The quantitative estimate of drug-likeness (QED) is 0.585. The number of benzene rings is 1. The van der Waals surface area contributed by atoms with Crippen LogP contribution in [0.3, 0.4) is 0 Å². The Labute approximate surface area is 187 Å². The number of rotatable bonds is 6. The van der Waals surface area contributed by atoms with Gasteiger partial charge in [0.25, 0.3) is 11.8 Å². The standard InChI is InChI=1S/C22H21ClFN3O3S/c1-27-17-5-7-31-19(17)9-18(27)21(29)25-16-10-22(6-4-13(16)22)26-20(28)11-30-12-2-3-14(23)15(24)8-12/h2-3,5,7-9,13,16H,4,6,10-11H2,1H3,(H,25,29)(H,26,28). The lowest BCUT2D eigenvalue weighted by Gasteiger charge is -2.63. The molecule has 5 rings (SSSR count). The Hall–Kier alpha value is -2.58. The molecule has 2 aromatic heterocycles. The molecule has 0 aliphatic heterocycles. The number of aryl methyl sites for hydroxylation is 1. The molecule has 0 saturated heterocycles. The van der Waals surface area contributed by atoms with Crippen molar-refractivity contribution in [3.63, 3.8) is 0 Å². The number of carbonyl (C=O) groups is 2. The highest BCUT2D eigenvalue weighted by Crippen LogP contribution is 2.53. The molecule has 2 saturated carbocycles. The summed E-state index contributed by atoms with van der Waals surface area (Å²) in [4.78, 5) is 25.2. The molecule has 3 atom stereocenters. The minimum atomic E-state index is -0.590. The fourth-order valence-electron chi connectivity index (χ4n) is 4.77. The van der Waals surface area contributed by atoms with Crippen molar-refractivity contribution in [3.8, 4) is 5.75 Å². The summed E-state index contributed by atoms with van der Waals surface area (Å²) < 4.78 is 21.9. The van der Waals surface area contributed by atoms with Gasteiger partial charge in [-0.3, -0.25) is 9.59 Å². The number of amides is 2. The van der Waals surface area contributed by atoms with Crippen molar-refractivity contribution in [1.29, 1.82) is 0 Å². The molecule has 31 heavy (non-hydrogen) atoms. The van der Waals surface area contributed by atoms with Crippen molar-refractivity contribution in [3.05, 3.63) is 52.2 Å². The highest BCUT2D eigenvalue weighted by molar-refractivity contribution is 7.17. The van der Waals surface area contributed by atoms with Gasteiger partial charge in [0.05, 0.1) is 15.2 Å². The lowest BCUT2D eigenvalue weighted by atomic mass is 9.50. The average molecular weight is 462 g/mol. The second-order valence-electron chi connectivity index (χ2n) is 8.26. The molecule has 2 aliphatic carbocycles. The van der Waals surface area contributed by atoms with Gasteiger partial charge in [0.1, 0.15) is 17.3 Å². The van der Waals surface area contributed by atoms with E-state index in [1.807, 2.05) is 29.1 Å².